The minimum Gasteiger partial charge on any atom is -0.338 e. The Morgan fingerprint density at radius 2 is 2.00 bits per heavy atom. The van der Waals surface area contributed by atoms with Crippen molar-refractivity contribution in [2.45, 2.75) is 52.0 Å². The van der Waals surface area contributed by atoms with Crippen molar-refractivity contribution in [3.05, 3.63) is 41.8 Å². The van der Waals surface area contributed by atoms with Crippen molar-refractivity contribution in [1.29, 1.82) is 0 Å². The van der Waals surface area contributed by atoms with Gasteiger partial charge in [-0.15, -0.1) is 0 Å². The molecule has 0 saturated carbocycles. The number of amides is 1. The molecule has 0 radical (unpaired) electrons. The topological polar surface area (TPSA) is 62.5 Å². The van der Waals surface area contributed by atoms with Crippen LogP contribution in [0.4, 0.5) is 5.95 Å². The highest BCUT2D eigenvalue weighted by Crippen LogP contribution is 2.40. The van der Waals surface area contributed by atoms with E-state index >= 15 is 0 Å². The summed E-state index contributed by atoms with van der Waals surface area (Å²) in [5, 5.41) is 4.20. The van der Waals surface area contributed by atoms with Gasteiger partial charge in [-0.05, 0) is 30.0 Å². The maximum Gasteiger partial charge on any atom is 0.266 e. The molecule has 1 spiro atoms. The molecule has 0 aliphatic carbocycles. The van der Waals surface area contributed by atoms with E-state index in [4.69, 9.17) is 4.52 Å². The van der Waals surface area contributed by atoms with Crippen LogP contribution in [0.15, 0.2) is 34.9 Å². The second-order valence-corrected chi connectivity index (χ2v) is 8.35. The molecule has 1 aromatic heterocycles. The van der Waals surface area contributed by atoms with Crippen LogP contribution in [-0.2, 0) is 11.3 Å². The van der Waals surface area contributed by atoms with Crippen LogP contribution in [0.25, 0.3) is 0 Å². The van der Waals surface area contributed by atoms with E-state index in [1.807, 2.05) is 23.1 Å². The van der Waals surface area contributed by atoms with E-state index < -0.39 is 0 Å². The molecule has 144 valence electrons. The third-order valence-corrected chi connectivity index (χ3v) is 5.83. The average molecular weight is 368 g/mol. The number of likely N-dealkylation sites (tertiary alicyclic amines) is 1. The minimum absolute atomic E-state index is 0.125. The average Bonchev–Trinajstić information content (AvgIpc) is 3.17. The van der Waals surface area contributed by atoms with Gasteiger partial charge < -0.3 is 14.3 Å². The molecular weight excluding hydrogens is 340 g/mol. The summed E-state index contributed by atoms with van der Waals surface area (Å²) in [7, 11) is 0. The predicted molar refractivity (Wildman–Crippen MR) is 103 cm³/mol. The molecule has 1 atom stereocenters. The van der Waals surface area contributed by atoms with Crippen molar-refractivity contribution in [3.63, 3.8) is 0 Å². The summed E-state index contributed by atoms with van der Waals surface area (Å²) in [6, 6.07) is 10.3. The van der Waals surface area contributed by atoms with Crippen LogP contribution in [-0.4, -0.2) is 40.6 Å². The van der Waals surface area contributed by atoms with E-state index in [9.17, 15) is 4.79 Å². The van der Waals surface area contributed by atoms with Gasteiger partial charge >= 0.3 is 0 Å². The second kappa shape index (κ2) is 7.33. The lowest BCUT2D eigenvalue weighted by molar-refractivity contribution is -0.138. The number of anilines is 1. The maximum absolute atomic E-state index is 12.5. The molecule has 1 aromatic carbocycles. The van der Waals surface area contributed by atoms with E-state index in [1.165, 1.54) is 5.56 Å². The molecule has 6 nitrogen and oxygen atoms in total. The number of benzene rings is 1. The summed E-state index contributed by atoms with van der Waals surface area (Å²) in [5.41, 5.74) is 1.31. The Labute approximate surface area is 160 Å². The molecule has 2 aliphatic heterocycles. The third-order valence-electron chi connectivity index (χ3n) is 5.83. The number of rotatable bonds is 4. The number of hydrogen-bond donors (Lipinski definition) is 0. The first-order chi connectivity index (χ1) is 13.0. The molecule has 2 saturated heterocycles. The molecule has 0 N–H and O–H groups in total. The largest absolute Gasteiger partial charge is 0.338 e. The van der Waals surface area contributed by atoms with E-state index in [0.29, 0.717) is 24.8 Å². The van der Waals surface area contributed by atoms with Crippen LogP contribution >= 0.6 is 0 Å². The van der Waals surface area contributed by atoms with E-state index in [2.05, 4.69) is 41.0 Å². The Bertz CT molecular complexity index is 788. The molecular formula is C21H28N4O2. The number of carbonyl (C=O) groups is 1. The first kappa shape index (κ1) is 18.0. The van der Waals surface area contributed by atoms with Crippen LogP contribution in [0, 0.1) is 5.41 Å². The number of nitrogens with zero attached hydrogens (tertiary/aromatic N) is 4. The Morgan fingerprint density at radius 1 is 1.19 bits per heavy atom. The van der Waals surface area contributed by atoms with Crippen LogP contribution in [0.5, 0.6) is 0 Å². The van der Waals surface area contributed by atoms with Crippen LogP contribution in [0.3, 0.4) is 0 Å². The van der Waals surface area contributed by atoms with Gasteiger partial charge in [0, 0.05) is 43.9 Å². The van der Waals surface area contributed by atoms with Gasteiger partial charge in [-0.25, -0.2) is 0 Å². The SMILES string of the molecule is CC(C)c1nc(N2CCCC3(CCC(=O)N(Cc4ccccc4)C3)C2)no1. The summed E-state index contributed by atoms with van der Waals surface area (Å²) < 4.78 is 5.40. The van der Waals surface area contributed by atoms with Gasteiger partial charge in [-0.1, -0.05) is 44.2 Å². The van der Waals surface area contributed by atoms with Gasteiger partial charge in [-0.2, -0.15) is 4.98 Å². The summed E-state index contributed by atoms with van der Waals surface area (Å²) in [5.74, 6) is 1.89. The van der Waals surface area contributed by atoms with Crippen molar-refractivity contribution in [3.8, 4) is 0 Å². The monoisotopic (exact) mass is 368 g/mol. The van der Waals surface area contributed by atoms with Gasteiger partial charge in [0.25, 0.3) is 5.95 Å². The smallest absolute Gasteiger partial charge is 0.266 e. The fourth-order valence-electron chi connectivity index (χ4n) is 4.35. The Kier molecular flexibility index (Phi) is 4.89. The van der Waals surface area contributed by atoms with Crippen LogP contribution in [0.1, 0.15) is 56.9 Å². The van der Waals surface area contributed by atoms with Crippen LogP contribution in [0.2, 0.25) is 0 Å². The Morgan fingerprint density at radius 3 is 2.74 bits per heavy atom. The number of carbonyl (C=O) groups excluding carboxylic acids is 1. The first-order valence-electron chi connectivity index (χ1n) is 9.95. The summed E-state index contributed by atoms with van der Waals surface area (Å²) in [6.45, 7) is 7.47. The minimum atomic E-state index is 0.125. The fraction of sp³-hybridized carbons (Fsp3) is 0.571. The van der Waals surface area contributed by atoms with E-state index in [1.54, 1.807) is 0 Å². The lowest BCUT2D eigenvalue weighted by atomic mass is 9.73. The zero-order chi connectivity index (χ0) is 18.9. The normalized spacial score (nSPS) is 23.4. The summed E-state index contributed by atoms with van der Waals surface area (Å²) in [6.07, 6.45) is 3.82. The summed E-state index contributed by atoms with van der Waals surface area (Å²) >= 11 is 0. The van der Waals surface area contributed by atoms with Crippen molar-refractivity contribution >= 4 is 11.9 Å². The predicted octanol–water partition coefficient (Wildman–Crippen LogP) is 3.60. The highest BCUT2D eigenvalue weighted by molar-refractivity contribution is 5.77. The van der Waals surface area contributed by atoms with Crippen LogP contribution < -0.4 is 4.90 Å². The number of aromatic nitrogens is 2. The molecule has 0 bridgehead atoms. The van der Waals surface area contributed by atoms with Gasteiger partial charge in [0.1, 0.15) is 0 Å². The molecule has 2 aliphatic rings. The molecule has 4 rings (SSSR count). The van der Waals surface area contributed by atoms with Crippen molar-refractivity contribution in [1.82, 2.24) is 15.0 Å². The fourth-order valence-corrected chi connectivity index (χ4v) is 4.35. The zero-order valence-electron chi connectivity index (χ0n) is 16.2. The first-order valence-corrected chi connectivity index (χ1v) is 9.95. The molecule has 1 unspecified atom stereocenters. The molecule has 2 aromatic rings. The zero-order valence-corrected chi connectivity index (χ0v) is 16.2. The van der Waals surface area contributed by atoms with Crippen molar-refractivity contribution in [2.75, 3.05) is 24.5 Å². The standard InChI is InChI=1S/C21H28N4O2/c1-16(2)19-22-20(23-27-19)24-12-6-10-21(14-24)11-9-18(26)25(15-21)13-17-7-4-3-5-8-17/h3-5,7-8,16H,6,9-15H2,1-2H3. The Hall–Kier alpha value is -2.37. The lowest BCUT2D eigenvalue weighted by Crippen LogP contribution is -2.54. The molecule has 3 heterocycles. The van der Waals surface area contributed by atoms with Crippen molar-refractivity contribution in [2.24, 2.45) is 5.41 Å². The van der Waals surface area contributed by atoms with Gasteiger partial charge in [-0.3, -0.25) is 4.79 Å². The van der Waals surface area contributed by atoms with E-state index in [0.717, 1.165) is 38.9 Å². The third kappa shape index (κ3) is 3.84. The van der Waals surface area contributed by atoms with Gasteiger partial charge in [0.2, 0.25) is 11.8 Å². The molecule has 27 heavy (non-hydrogen) atoms. The highest BCUT2D eigenvalue weighted by Gasteiger charge is 2.42. The number of hydrogen-bond acceptors (Lipinski definition) is 5. The quantitative estimate of drug-likeness (QED) is 0.825. The van der Waals surface area contributed by atoms with Crippen molar-refractivity contribution < 1.29 is 9.32 Å². The van der Waals surface area contributed by atoms with Gasteiger partial charge in [0.15, 0.2) is 0 Å². The molecule has 1 amide bonds. The summed E-state index contributed by atoms with van der Waals surface area (Å²) in [4.78, 5) is 21.4. The van der Waals surface area contributed by atoms with Gasteiger partial charge in [0.05, 0.1) is 0 Å². The maximum atomic E-state index is 12.5. The highest BCUT2D eigenvalue weighted by atomic mass is 16.5. The molecule has 2 fully saturated rings. The Balaban J connectivity index is 1.48. The molecule has 6 heteroatoms. The second-order valence-electron chi connectivity index (χ2n) is 8.35. The van der Waals surface area contributed by atoms with E-state index in [-0.39, 0.29) is 17.2 Å². The lowest BCUT2D eigenvalue weighted by Gasteiger charge is -2.48. The number of piperidine rings is 2.